The highest BCUT2D eigenvalue weighted by atomic mass is 19.4. The second-order valence-electron chi connectivity index (χ2n) is 4.89. The Kier molecular flexibility index (Phi) is 6.52. The Morgan fingerprint density at radius 2 is 1.86 bits per heavy atom. The van der Waals surface area contributed by atoms with Gasteiger partial charge in [-0.2, -0.15) is 13.2 Å². The third kappa shape index (κ3) is 7.02. The summed E-state index contributed by atoms with van der Waals surface area (Å²) >= 11 is 0. The summed E-state index contributed by atoms with van der Waals surface area (Å²) in [5, 5.41) is 9.12. The zero-order valence-electron chi connectivity index (χ0n) is 11.8. The van der Waals surface area contributed by atoms with Gasteiger partial charge in [0, 0.05) is 0 Å². The van der Waals surface area contributed by atoms with Crippen LogP contribution < -0.4 is 0 Å². The van der Waals surface area contributed by atoms with Gasteiger partial charge < -0.3 is 9.84 Å². The van der Waals surface area contributed by atoms with Crippen LogP contribution in [0.1, 0.15) is 49.4 Å². The molecule has 6 heteroatoms. The normalized spacial score (nSPS) is 13.0. The smallest absolute Gasteiger partial charge is 0.392 e. The lowest BCUT2D eigenvalue weighted by Gasteiger charge is -2.19. The van der Waals surface area contributed by atoms with Gasteiger partial charge in [-0.3, -0.25) is 0 Å². The third-order valence-electron chi connectivity index (χ3n) is 2.97. The van der Waals surface area contributed by atoms with Crippen LogP contribution in [0.15, 0.2) is 24.3 Å². The lowest BCUT2D eigenvalue weighted by atomic mass is 10.1. The SMILES string of the molecule is CCCCCC(CC(F)(F)F)OC(=O)c1ccc(O)cc1. The average Bonchev–Trinajstić information content (AvgIpc) is 2.37. The molecule has 0 saturated carbocycles. The van der Waals surface area contributed by atoms with Crippen LogP contribution in [0.5, 0.6) is 5.75 Å². The lowest BCUT2D eigenvalue weighted by molar-refractivity contribution is -0.154. The third-order valence-corrected chi connectivity index (χ3v) is 2.97. The van der Waals surface area contributed by atoms with E-state index in [1.54, 1.807) is 0 Å². The van der Waals surface area contributed by atoms with Gasteiger partial charge in [0.05, 0.1) is 12.0 Å². The molecule has 0 aromatic heterocycles. The van der Waals surface area contributed by atoms with Crippen molar-refractivity contribution in [2.75, 3.05) is 0 Å². The monoisotopic (exact) mass is 304 g/mol. The molecule has 1 atom stereocenters. The molecule has 0 bridgehead atoms. The maximum atomic E-state index is 12.5. The lowest BCUT2D eigenvalue weighted by Crippen LogP contribution is -2.25. The second kappa shape index (κ2) is 7.90. The summed E-state index contributed by atoms with van der Waals surface area (Å²) in [4.78, 5) is 11.8. The van der Waals surface area contributed by atoms with Crippen LogP contribution in [0.2, 0.25) is 0 Å². The molecule has 0 amide bonds. The zero-order chi connectivity index (χ0) is 15.9. The fourth-order valence-electron chi connectivity index (χ4n) is 1.90. The van der Waals surface area contributed by atoms with Crippen LogP contribution in [0.3, 0.4) is 0 Å². The minimum Gasteiger partial charge on any atom is -0.508 e. The summed E-state index contributed by atoms with van der Waals surface area (Å²) < 4.78 is 42.4. The van der Waals surface area contributed by atoms with E-state index in [0.717, 1.165) is 12.8 Å². The van der Waals surface area contributed by atoms with Gasteiger partial charge in [0.15, 0.2) is 0 Å². The highest BCUT2D eigenvalue weighted by molar-refractivity contribution is 5.89. The highest BCUT2D eigenvalue weighted by Gasteiger charge is 2.33. The van der Waals surface area contributed by atoms with Crippen molar-refractivity contribution in [1.29, 1.82) is 0 Å². The molecule has 3 nitrogen and oxygen atoms in total. The van der Waals surface area contributed by atoms with Crippen molar-refractivity contribution in [3.8, 4) is 5.75 Å². The summed E-state index contributed by atoms with van der Waals surface area (Å²) in [7, 11) is 0. The number of carbonyl (C=O) groups excluding carboxylic acids is 1. The van der Waals surface area contributed by atoms with Crippen LogP contribution in [-0.2, 0) is 4.74 Å². The maximum absolute atomic E-state index is 12.5. The van der Waals surface area contributed by atoms with E-state index in [4.69, 9.17) is 9.84 Å². The first-order valence-electron chi connectivity index (χ1n) is 6.88. The molecule has 0 spiro atoms. The fraction of sp³-hybridized carbons (Fsp3) is 0.533. The predicted octanol–water partition coefficient (Wildman–Crippen LogP) is 4.45. The number of halogens is 3. The molecule has 0 fully saturated rings. The second-order valence-corrected chi connectivity index (χ2v) is 4.89. The van der Waals surface area contributed by atoms with E-state index >= 15 is 0 Å². The van der Waals surface area contributed by atoms with Gasteiger partial charge in [-0.1, -0.05) is 19.8 Å². The Bertz CT molecular complexity index is 440. The molecule has 0 aliphatic carbocycles. The topological polar surface area (TPSA) is 46.5 Å². The molecule has 118 valence electrons. The first-order chi connectivity index (χ1) is 9.81. The predicted molar refractivity (Wildman–Crippen MR) is 72.1 cm³/mol. The Hall–Kier alpha value is -1.72. The van der Waals surface area contributed by atoms with Crippen molar-refractivity contribution < 1.29 is 27.8 Å². The van der Waals surface area contributed by atoms with E-state index in [-0.39, 0.29) is 17.7 Å². The number of alkyl halides is 3. The van der Waals surface area contributed by atoms with E-state index in [1.165, 1.54) is 24.3 Å². The van der Waals surface area contributed by atoms with E-state index in [2.05, 4.69) is 0 Å². The van der Waals surface area contributed by atoms with Gasteiger partial charge in [-0.05, 0) is 37.1 Å². The zero-order valence-corrected chi connectivity index (χ0v) is 11.8. The van der Waals surface area contributed by atoms with Crippen molar-refractivity contribution in [2.45, 2.75) is 51.3 Å². The number of benzene rings is 1. The first kappa shape index (κ1) is 17.3. The molecule has 0 aliphatic rings. The molecule has 1 aromatic carbocycles. The van der Waals surface area contributed by atoms with E-state index in [1.807, 2.05) is 6.92 Å². The van der Waals surface area contributed by atoms with Gasteiger partial charge in [0.25, 0.3) is 0 Å². The van der Waals surface area contributed by atoms with Gasteiger partial charge in [-0.25, -0.2) is 4.79 Å². The molecule has 0 saturated heterocycles. The van der Waals surface area contributed by atoms with Crippen LogP contribution in [0, 0.1) is 0 Å². The Morgan fingerprint density at radius 1 is 1.24 bits per heavy atom. The van der Waals surface area contributed by atoms with Gasteiger partial charge in [-0.15, -0.1) is 0 Å². The average molecular weight is 304 g/mol. The fourth-order valence-corrected chi connectivity index (χ4v) is 1.90. The number of hydrogen-bond acceptors (Lipinski definition) is 3. The molecule has 1 rings (SSSR count). The molecular weight excluding hydrogens is 285 g/mol. The summed E-state index contributed by atoms with van der Waals surface area (Å²) in [5.41, 5.74) is 0.121. The number of carbonyl (C=O) groups is 1. The first-order valence-corrected chi connectivity index (χ1v) is 6.88. The standard InChI is InChI=1S/C15H19F3O3/c1-2-3-4-5-13(10-15(16,17)18)21-14(20)11-6-8-12(19)9-7-11/h6-9,13,19H,2-5,10H2,1H3. The molecule has 0 radical (unpaired) electrons. The Balaban J connectivity index is 2.65. The van der Waals surface area contributed by atoms with Crippen molar-refractivity contribution in [3.63, 3.8) is 0 Å². The molecule has 1 N–H and O–H groups in total. The minimum absolute atomic E-state index is 0.0265. The van der Waals surface area contributed by atoms with Gasteiger partial charge in [0.2, 0.25) is 0 Å². The Morgan fingerprint density at radius 3 is 2.38 bits per heavy atom. The molecule has 0 aliphatic heterocycles. The largest absolute Gasteiger partial charge is 0.508 e. The molecule has 21 heavy (non-hydrogen) atoms. The van der Waals surface area contributed by atoms with E-state index < -0.39 is 24.7 Å². The number of aromatic hydroxyl groups is 1. The van der Waals surface area contributed by atoms with Crippen molar-refractivity contribution in [1.82, 2.24) is 0 Å². The van der Waals surface area contributed by atoms with Crippen molar-refractivity contribution >= 4 is 5.97 Å². The van der Waals surface area contributed by atoms with Gasteiger partial charge in [0.1, 0.15) is 11.9 Å². The van der Waals surface area contributed by atoms with Gasteiger partial charge >= 0.3 is 12.1 Å². The number of phenolic OH excluding ortho intramolecular Hbond substituents is 1. The number of phenols is 1. The molecular formula is C15H19F3O3. The number of rotatable bonds is 7. The maximum Gasteiger partial charge on any atom is 0.392 e. The highest BCUT2D eigenvalue weighted by Crippen LogP contribution is 2.26. The summed E-state index contributed by atoms with van der Waals surface area (Å²) in [5.74, 6) is -0.831. The number of hydrogen-bond donors (Lipinski definition) is 1. The van der Waals surface area contributed by atoms with Crippen LogP contribution in [0.4, 0.5) is 13.2 Å². The number of unbranched alkanes of at least 4 members (excludes halogenated alkanes) is 2. The van der Waals surface area contributed by atoms with E-state index in [9.17, 15) is 18.0 Å². The van der Waals surface area contributed by atoms with Crippen LogP contribution in [-0.4, -0.2) is 23.4 Å². The van der Waals surface area contributed by atoms with Crippen molar-refractivity contribution in [3.05, 3.63) is 29.8 Å². The summed E-state index contributed by atoms with van der Waals surface area (Å²) in [6, 6.07) is 5.20. The van der Waals surface area contributed by atoms with Crippen molar-refractivity contribution in [2.24, 2.45) is 0 Å². The Labute approximate surface area is 121 Å². The number of ether oxygens (including phenoxy) is 1. The summed E-state index contributed by atoms with van der Waals surface area (Å²) in [6.07, 6.45) is -4.22. The summed E-state index contributed by atoms with van der Waals surface area (Å²) in [6.45, 7) is 1.95. The number of esters is 1. The molecule has 0 heterocycles. The quantitative estimate of drug-likeness (QED) is 0.598. The van der Waals surface area contributed by atoms with E-state index in [0.29, 0.717) is 6.42 Å². The van der Waals surface area contributed by atoms with Crippen LogP contribution in [0.25, 0.3) is 0 Å². The molecule has 1 aromatic rings. The van der Waals surface area contributed by atoms with Crippen LogP contribution >= 0.6 is 0 Å². The molecule has 1 unspecified atom stereocenters. The minimum atomic E-state index is -4.37.